The third-order valence-corrected chi connectivity index (χ3v) is 2.85. The number of hydrogen-bond acceptors (Lipinski definition) is 4. The van der Waals surface area contributed by atoms with Crippen LogP contribution in [0.25, 0.3) is 0 Å². The Morgan fingerprint density at radius 3 is 1.50 bits per heavy atom. The fourth-order valence-electron chi connectivity index (χ4n) is 2.01. The van der Waals surface area contributed by atoms with Crippen molar-refractivity contribution in [3.8, 4) is 0 Å². The second-order valence-electron chi connectivity index (χ2n) is 4.88. The smallest absolute Gasteiger partial charge is 0.0908 e. The lowest BCUT2D eigenvalue weighted by Gasteiger charge is -2.25. The maximum atomic E-state index is 4.36. The van der Waals surface area contributed by atoms with Crippen LogP contribution in [0.3, 0.4) is 0 Å². The molecule has 1 aromatic rings. The lowest BCUT2D eigenvalue weighted by atomic mass is 10.0. The molecule has 2 rings (SSSR count). The van der Waals surface area contributed by atoms with E-state index < -0.39 is 0 Å². The average molecular weight is 220 g/mol. The molecule has 0 unspecified atom stereocenters. The van der Waals surface area contributed by atoms with Crippen molar-refractivity contribution in [1.82, 2.24) is 10.2 Å². The van der Waals surface area contributed by atoms with Crippen molar-refractivity contribution < 1.29 is 0 Å². The van der Waals surface area contributed by atoms with Crippen LogP contribution in [-0.4, -0.2) is 23.3 Å². The highest BCUT2D eigenvalue weighted by Crippen LogP contribution is 2.35. The van der Waals surface area contributed by atoms with Crippen LogP contribution in [0.1, 0.15) is 50.9 Å². The van der Waals surface area contributed by atoms with Crippen LogP contribution in [0.4, 0.5) is 11.4 Å². The monoisotopic (exact) mass is 220 g/mol. The minimum absolute atomic E-state index is 0.398. The minimum atomic E-state index is 0.398. The first kappa shape index (κ1) is 11.2. The van der Waals surface area contributed by atoms with Gasteiger partial charge in [0.2, 0.25) is 0 Å². The molecule has 2 N–H and O–H groups in total. The zero-order chi connectivity index (χ0) is 11.7. The zero-order valence-corrected chi connectivity index (χ0v) is 10.5. The molecule has 0 aromatic carbocycles. The molecule has 2 heterocycles. The van der Waals surface area contributed by atoms with E-state index in [-0.39, 0.29) is 0 Å². The summed E-state index contributed by atoms with van der Waals surface area (Å²) in [5, 5.41) is 15.6. The van der Waals surface area contributed by atoms with E-state index in [4.69, 9.17) is 0 Å². The first-order chi connectivity index (χ1) is 7.61. The van der Waals surface area contributed by atoms with Crippen molar-refractivity contribution in [3.63, 3.8) is 0 Å². The Balaban J connectivity index is 2.54. The normalized spacial score (nSPS) is 14.6. The standard InChI is InChI=1S/C12H20N4/c1-7(2)9-11-12(14-6-5-13-11)10(8(3)4)16-15-9/h7-8,13-14H,5-6H2,1-4H3. The van der Waals surface area contributed by atoms with Crippen molar-refractivity contribution in [3.05, 3.63) is 11.4 Å². The van der Waals surface area contributed by atoms with E-state index in [1.807, 2.05) is 0 Å². The van der Waals surface area contributed by atoms with E-state index in [0.717, 1.165) is 35.9 Å². The number of fused-ring (bicyclic) bond motifs is 1. The summed E-state index contributed by atoms with van der Waals surface area (Å²) in [6.45, 7) is 10.5. The van der Waals surface area contributed by atoms with Gasteiger partial charge in [-0.25, -0.2) is 0 Å². The molecule has 0 radical (unpaired) electrons. The highest BCUT2D eigenvalue weighted by molar-refractivity contribution is 5.75. The third kappa shape index (κ3) is 1.84. The molecule has 0 aliphatic carbocycles. The van der Waals surface area contributed by atoms with Gasteiger partial charge in [-0.15, -0.1) is 0 Å². The summed E-state index contributed by atoms with van der Waals surface area (Å²) in [5.74, 6) is 0.796. The molecule has 88 valence electrons. The van der Waals surface area contributed by atoms with Crippen LogP contribution in [-0.2, 0) is 0 Å². The molecular formula is C12H20N4. The molecule has 0 spiro atoms. The van der Waals surface area contributed by atoms with E-state index >= 15 is 0 Å². The molecule has 1 aliphatic rings. The number of anilines is 2. The maximum absolute atomic E-state index is 4.36. The van der Waals surface area contributed by atoms with E-state index in [1.165, 1.54) is 0 Å². The van der Waals surface area contributed by atoms with Crippen LogP contribution in [0.5, 0.6) is 0 Å². The number of aromatic nitrogens is 2. The summed E-state index contributed by atoms with van der Waals surface area (Å²) in [7, 11) is 0. The molecular weight excluding hydrogens is 200 g/mol. The summed E-state index contributed by atoms with van der Waals surface area (Å²) in [5.41, 5.74) is 4.43. The largest absolute Gasteiger partial charge is 0.380 e. The van der Waals surface area contributed by atoms with Gasteiger partial charge in [0.25, 0.3) is 0 Å². The molecule has 0 bridgehead atoms. The third-order valence-electron chi connectivity index (χ3n) is 2.85. The summed E-state index contributed by atoms with van der Waals surface area (Å²) >= 11 is 0. The van der Waals surface area contributed by atoms with Gasteiger partial charge in [-0.1, -0.05) is 27.7 Å². The lowest BCUT2D eigenvalue weighted by Crippen LogP contribution is -2.25. The Labute approximate surface area is 96.9 Å². The molecule has 4 heteroatoms. The van der Waals surface area contributed by atoms with Crippen LogP contribution in [0.2, 0.25) is 0 Å². The van der Waals surface area contributed by atoms with E-state index in [2.05, 4.69) is 48.5 Å². The van der Waals surface area contributed by atoms with E-state index in [1.54, 1.807) is 0 Å². The topological polar surface area (TPSA) is 49.8 Å². The second-order valence-corrected chi connectivity index (χ2v) is 4.88. The van der Waals surface area contributed by atoms with Crippen LogP contribution in [0, 0.1) is 0 Å². The summed E-state index contributed by atoms with van der Waals surface area (Å²) in [6, 6.07) is 0. The van der Waals surface area contributed by atoms with Gasteiger partial charge >= 0.3 is 0 Å². The number of nitrogens with zero attached hydrogens (tertiary/aromatic N) is 2. The van der Waals surface area contributed by atoms with Crippen molar-refractivity contribution in [1.29, 1.82) is 0 Å². The van der Waals surface area contributed by atoms with Crippen LogP contribution < -0.4 is 10.6 Å². The van der Waals surface area contributed by atoms with Gasteiger partial charge in [0.05, 0.1) is 22.8 Å². The van der Waals surface area contributed by atoms with Gasteiger partial charge < -0.3 is 10.6 Å². The number of nitrogens with one attached hydrogen (secondary N) is 2. The molecule has 1 aromatic heterocycles. The SMILES string of the molecule is CC(C)c1nnc(C(C)C)c2c1NCCN2. The molecule has 4 nitrogen and oxygen atoms in total. The van der Waals surface area contributed by atoms with Crippen molar-refractivity contribution in [2.45, 2.75) is 39.5 Å². The zero-order valence-electron chi connectivity index (χ0n) is 10.5. The second kappa shape index (κ2) is 4.28. The van der Waals surface area contributed by atoms with Gasteiger partial charge in [0.15, 0.2) is 0 Å². The van der Waals surface area contributed by atoms with E-state index in [9.17, 15) is 0 Å². The fraction of sp³-hybridized carbons (Fsp3) is 0.667. The molecule has 16 heavy (non-hydrogen) atoms. The van der Waals surface area contributed by atoms with Gasteiger partial charge in [0, 0.05) is 13.1 Å². The van der Waals surface area contributed by atoms with Crippen molar-refractivity contribution in [2.75, 3.05) is 23.7 Å². The summed E-state index contributed by atoms with van der Waals surface area (Å²) in [4.78, 5) is 0. The maximum Gasteiger partial charge on any atom is 0.0908 e. The van der Waals surface area contributed by atoms with Crippen molar-refractivity contribution in [2.24, 2.45) is 0 Å². The Hall–Kier alpha value is -1.32. The molecule has 1 aliphatic heterocycles. The average Bonchev–Trinajstić information content (AvgIpc) is 2.27. The number of hydrogen-bond donors (Lipinski definition) is 2. The lowest BCUT2D eigenvalue weighted by molar-refractivity contribution is 0.731. The quantitative estimate of drug-likeness (QED) is 0.804. The Bertz CT molecular complexity index is 348. The minimum Gasteiger partial charge on any atom is -0.380 e. The fourth-order valence-corrected chi connectivity index (χ4v) is 2.01. The van der Waals surface area contributed by atoms with Crippen molar-refractivity contribution >= 4 is 11.4 Å². The van der Waals surface area contributed by atoms with Crippen LogP contribution in [0.15, 0.2) is 0 Å². The molecule has 0 saturated heterocycles. The molecule has 0 amide bonds. The predicted octanol–water partition coefficient (Wildman–Crippen LogP) is 2.56. The Kier molecular flexibility index (Phi) is 2.99. The summed E-state index contributed by atoms with van der Waals surface area (Å²) in [6.07, 6.45) is 0. The van der Waals surface area contributed by atoms with Gasteiger partial charge in [-0.2, -0.15) is 10.2 Å². The molecule has 0 atom stereocenters. The Morgan fingerprint density at radius 2 is 1.19 bits per heavy atom. The Morgan fingerprint density at radius 1 is 0.812 bits per heavy atom. The van der Waals surface area contributed by atoms with E-state index in [0.29, 0.717) is 11.8 Å². The first-order valence-corrected chi connectivity index (χ1v) is 5.99. The highest BCUT2D eigenvalue weighted by atomic mass is 15.2. The van der Waals surface area contributed by atoms with Gasteiger partial charge in [-0.05, 0) is 11.8 Å². The molecule has 0 fully saturated rings. The predicted molar refractivity (Wildman–Crippen MR) is 67.2 cm³/mol. The van der Waals surface area contributed by atoms with Crippen LogP contribution >= 0.6 is 0 Å². The molecule has 0 saturated carbocycles. The first-order valence-electron chi connectivity index (χ1n) is 5.99. The van der Waals surface area contributed by atoms with Gasteiger partial charge in [-0.3, -0.25) is 0 Å². The highest BCUT2D eigenvalue weighted by Gasteiger charge is 2.21. The summed E-state index contributed by atoms with van der Waals surface area (Å²) < 4.78 is 0. The number of rotatable bonds is 2. The van der Waals surface area contributed by atoms with Gasteiger partial charge in [0.1, 0.15) is 0 Å².